The van der Waals surface area contributed by atoms with Crippen molar-refractivity contribution in [3.8, 4) is 0 Å². The second-order valence-corrected chi connectivity index (χ2v) is 3.01. The first kappa shape index (κ1) is 11.2. The van der Waals surface area contributed by atoms with Gasteiger partial charge in [-0.25, -0.2) is 4.79 Å². The SMILES string of the molecule is CCNC(=O)OC(C)CN(C)C. The van der Waals surface area contributed by atoms with E-state index in [0.717, 1.165) is 6.54 Å². The molecule has 0 bridgehead atoms. The van der Waals surface area contributed by atoms with E-state index in [1.807, 2.05) is 32.8 Å². The van der Waals surface area contributed by atoms with Gasteiger partial charge in [-0.15, -0.1) is 0 Å². The van der Waals surface area contributed by atoms with Crippen molar-refractivity contribution in [3.63, 3.8) is 0 Å². The Bertz CT molecular complexity index is 137. The van der Waals surface area contributed by atoms with Gasteiger partial charge in [-0.05, 0) is 27.9 Å². The quantitative estimate of drug-likeness (QED) is 0.681. The Hall–Kier alpha value is -0.770. The summed E-state index contributed by atoms with van der Waals surface area (Å²) in [6, 6.07) is 0. The number of hydrogen-bond acceptors (Lipinski definition) is 3. The molecule has 12 heavy (non-hydrogen) atoms. The van der Waals surface area contributed by atoms with Gasteiger partial charge < -0.3 is 15.0 Å². The summed E-state index contributed by atoms with van der Waals surface area (Å²) in [5.74, 6) is 0. The number of amides is 1. The third kappa shape index (κ3) is 5.97. The molecule has 0 aliphatic carbocycles. The number of likely N-dealkylation sites (N-methyl/N-ethyl adjacent to an activating group) is 1. The lowest BCUT2D eigenvalue weighted by Crippen LogP contribution is -2.32. The minimum absolute atomic E-state index is 0.0634. The minimum Gasteiger partial charge on any atom is -0.445 e. The van der Waals surface area contributed by atoms with Crippen LogP contribution >= 0.6 is 0 Å². The van der Waals surface area contributed by atoms with Crippen molar-refractivity contribution >= 4 is 6.09 Å². The summed E-state index contributed by atoms with van der Waals surface area (Å²) in [5, 5.41) is 2.57. The topological polar surface area (TPSA) is 41.6 Å². The second-order valence-electron chi connectivity index (χ2n) is 3.01. The highest BCUT2D eigenvalue weighted by Crippen LogP contribution is 1.92. The number of alkyl carbamates (subject to hydrolysis) is 1. The summed E-state index contributed by atoms with van der Waals surface area (Å²) in [6.45, 7) is 5.08. The van der Waals surface area contributed by atoms with Gasteiger partial charge in [0.05, 0.1) is 0 Å². The highest BCUT2D eigenvalue weighted by molar-refractivity contribution is 5.67. The van der Waals surface area contributed by atoms with E-state index in [1.54, 1.807) is 0 Å². The Morgan fingerprint density at radius 3 is 2.58 bits per heavy atom. The van der Waals surface area contributed by atoms with Crippen LogP contribution in [-0.2, 0) is 4.74 Å². The maximum atomic E-state index is 10.9. The highest BCUT2D eigenvalue weighted by atomic mass is 16.6. The standard InChI is InChI=1S/C8H18N2O2/c1-5-9-8(11)12-7(2)6-10(3)4/h7H,5-6H2,1-4H3,(H,9,11). The third-order valence-electron chi connectivity index (χ3n) is 1.25. The van der Waals surface area contributed by atoms with Crippen LogP contribution in [0.2, 0.25) is 0 Å². The van der Waals surface area contributed by atoms with Crippen LogP contribution in [0.5, 0.6) is 0 Å². The van der Waals surface area contributed by atoms with Crippen LogP contribution < -0.4 is 5.32 Å². The highest BCUT2D eigenvalue weighted by Gasteiger charge is 2.08. The molecular formula is C8H18N2O2. The average Bonchev–Trinajstić information content (AvgIpc) is 1.84. The van der Waals surface area contributed by atoms with Gasteiger partial charge in [-0.3, -0.25) is 0 Å². The van der Waals surface area contributed by atoms with E-state index in [-0.39, 0.29) is 12.2 Å². The minimum atomic E-state index is -0.341. The monoisotopic (exact) mass is 174 g/mol. The molecule has 72 valence electrons. The van der Waals surface area contributed by atoms with Gasteiger partial charge in [-0.1, -0.05) is 0 Å². The van der Waals surface area contributed by atoms with Crippen LogP contribution in [0.4, 0.5) is 4.79 Å². The predicted octanol–water partition coefficient (Wildman–Crippen LogP) is 0.683. The molecule has 0 aromatic rings. The Balaban J connectivity index is 3.54. The van der Waals surface area contributed by atoms with E-state index < -0.39 is 0 Å². The number of hydrogen-bond donors (Lipinski definition) is 1. The maximum Gasteiger partial charge on any atom is 0.407 e. The zero-order valence-electron chi connectivity index (χ0n) is 8.26. The lowest BCUT2D eigenvalue weighted by atomic mass is 10.4. The molecule has 1 unspecified atom stereocenters. The molecule has 0 radical (unpaired) electrons. The van der Waals surface area contributed by atoms with Gasteiger partial charge >= 0.3 is 6.09 Å². The van der Waals surface area contributed by atoms with Gasteiger partial charge in [-0.2, -0.15) is 0 Å². The molecule has 0 aliphatic rings. The molecular weight excluding hydrogens is 156 g/mol. The van der Waals surface area contributed by atoms with Crippen LogP contribution in [0, 0.1) is 0 Å². The summed E-state index contributed by atoms with van der Waals surface area (Å²) in [4.78, 5) is 12.9. The number of carbonyl (C=O) groups is 1. The molecule has 0 spiro atoms. The van der Waals surface area contributed by atoms with Crippen molar-refractivity contribution in [2.75, 3.05) is 27.2 Å². The van der Waals surface area contributed by atoms with Gasteiger partial charge in [0.2, 0.25) is 0 Å². The van der Waals surface area contributed by atoms with Crippen molar-refractivity contribution < 1.29 is 9.53 Å². The van der Waals surface area contributed by atoms with Crippen molar-refractivity contribution in [1.82, 2.24) is 10.2 Å². The molecule has 0 saturated heterocycles. The normalized spacial score (nSPS) is 12.8. The molecule has 0 heterocycles. The number of nitrogens with zero attached hydrogens (tertiary/aromatic N) is 1. The first-order chi connectivity index (χ1) is 5.56. The third-order valence-corrected chi connectivity index (χ3v) is 1.25. The Morgan fingerprint density at radius 1 is 1.58 bits per heavy atom. The van der Waals surface area contributed by atoms with Crippen molar-refractivity contribution in [1.29, 1.82) is 0 Å². The van der Waals surface area contributed by atoms with Crippen LogP contribution in [0.15, 0.2) is 0 Å². The maximum absolute atomic E-state index is 10.9. The number of carbonyl (C=O) groups excluding carboxylic acids is 1. The van der Waals surface area contributed by atoms with Crippen LogP contribution in [0.3, 0.4) is 0 Å². The number of nitrogens with one attached hydrogen (secondary N) is 1. The fourth-order valence-electron chi connectivity index (χ4n) is 0.920. The molecule has 0 aromatic carbocycles. The van der Waals surface area contributed by atoms with Crippen LogP contribution in [0.1, 0.15) is 13.8 Å². The lowest BCUT2D eigenvalue weighted by molar-refractivity contribution is 0.0914. The van der Waals surface area contributed by atoms with Gasteiger partial charge in [0.25, 0.3) is 0 Å². The molecule has 1 N–H and O–H groups in total. The van der Waals surface area contributed by atoms with E-state index >= 15 is 0 Å². The number of ether oxygens (including phenoxy) is 1. The Morgan fingerprint density at radius 2 is 2.17 bits per heavy atom. The fraction of sp³-hybridized carbons (Fsp3) is 0.875. The zero-order chi connectivity index (χ0) is 9.56. The Kier molecular flexibility index (Phi) is 5.45. The van der Waals surface area contributed by atoms with Crippen molar-refractivity contribution in [2.45, 2.75) is 20.0 Å². The van der Waals surface area contributed by atoms with Crippen LogP contribution in [-0.4, -0.2) is 44.3 Å². The summed E-state index contributed by atoms with van der Waals surface area (Å²) in [5.41, 5.74) is 0. The van der Waals surface area contributed by atoms with E-state index in [1.165, 1.54) is 0 Å². The predicted molar refractivity (Wildman–Crippen MR) is 48.2 cm³/mol. The molecule has 0 rings (SSSR count). The molecule has 1 amide bonds. The van der Waals surface area contributed by atoms with Crippen LogP contribution in [0.25, 0.3) is 0 Å². The molecule has 0 aromatic heterocycles. The van der Waals surface area contributed by atoms with E-state index in [9.17, 15) is 4.79 Å². The molecule has 0 aliphatic heterocycles. The number of rotatable bonds is 4. The molecule has 0 saturated carbocycles. The average molecular weight is 174 g/mol. The first-order valence-corrected chi connectivity index (χ1v) is 4.15. The molecule has 4 heteroatoms. The summed E-state index contributed by atoms with van der Waals surface area (Å²) < 4.78 is 5.01. The lowest BCUT2D eigenvalue weighted by Gasteiger charge is -2.17. The smallest absolute Gasteiger partial charge is 0.407 e. The molecule has 4 nitrogen and oxygen atoms in total. The van der Waals surface area contributed by atoms with Crippen molar-refractivity contribution in [3.05, 3.63) is 0 Å². The van der Waals surface area contributed by atoms with E-state index in [4.69, 9.17) is 4.74 Å². The van der Waals surface area contributed by atoms with E-state index in [0.29, 0.717) is 6.54 Å². The largest absolute Gasteiger partial charge is 0.445 e. The van der Waals surface area contributed by atoms with Gasteiger partial charge in [0.15, 0.2) is 0 Å². The summed E-state index contributed by atoms with van der Waals surface area (Å²) in [7, 11) is 3.88. The summed E-state index contributed by atoms with van der Waals surface area (Å²) >= 11 is 0. The first-order valence-electron chi connectivity index (χ1n) is 4.15. The van der Waals surface area contributed by atoms with Gasteiger partial charge in [0, 0.05) is 13.1 Å². The molecule has 1 atom stereocenters. The molecule has 0 fully saturated rings. The zero-order valence-corrected chi connectivity index (χ0v) is 8.26. The fourth-order valence-corrected chi connectivity index (χ4v) is 0.920. The Labute approximate surface area is 73.9 Å². The second kappa shape index (κ2) is 5.83. The van der Waals surface area contributed by atoms with Crippen molar-refractivity contribution in [2.24, 2.45) is 0 Å². The van der Waals surface area contributed by atoms with E-state index in [2.05, 4.69) is 5.32 Å². The summed E-state index contributed by atoms with van der Waals surface area (Å²) in [6.07, 6.45) is -0.404. The van der Waals surface area contributed by atoms with Gasteiger partial charge in [0.1, 0.15) is 6.10 Å².